The van der Waals surface area contributed by atoms with E-state index in [-0.39, 0.29) is 17.8 Å². The summed E-state index contributed by atoms with van der Waals surface area (Å²) < 4.78 is 39.3. The van der Waals surface area contributed by atoms with Crippen molar-refractivity contribution >= 4 is 37.6 Å². The molecule has 0 bridgehead atoms. The SMILES string of the molecule is O=C(Cc1cccc(Br)c1)c1cc(C(F)(F)F)ccc1Br. The number of alkyl halides is 3. The maximum absolute atomic E-state index is 12.7. The number of benzene rings is 2. The van der Waals surface area contributed by atoms with Crippen LogP contribution < -0.4 is 0 Å². The summed E-state index contributed by atoms with van der Waals surface area (Å²) in [5.41, 5.74) is -0.0632. The van der Waals surface area contributed by atoms with E-state index in [9.17, 15) is 18.0 Å². The molecule has 0 fully saturated rings. The first-order valence-corrected chi connectivity index (χ1v) is 7.50. The molecule has 2 rings (SSSR count). The van der Waals surface area contributed by atoms with Gasteiger partial charge in [-0.1, -0.05) is 44.0 Å². The maximum atomic E-state index is 12.7. The van der Waals surface area contributed by atoms with E-state index in [2.05, 4.69) is 31.9 Å². The van der Waals surface area contributed by atoms with Gasteiger partial charge >= 0.3 is 6.18 Å². The third-order valence-electron chi connectivity index (χ3n) is 2.85. The van der Waals surface area contributed by atoms with E-state index < -0.39 is 11.7 Å². The second kappa shape index (κ2) is 6.32. The smallest absolute Gasteiger partial charge is 0.294 e. The number of hydrogen-bond acceptors (Lipinski definition) is 1. The molecule has 0 saturated carbocycles. The average Bonchev–Trinajstić information content (AvgIpc) is 2.37. The van der Waals surface area contributed by atoms with E-state index in [0.717, 1.165) is 22.2 Å². The molecule has 0 N–H and O–H groups in total. The van der Waals surface area contributed by atoms with Crippen LogP contribution in [0.15, 0.2) is 51.4 Å². The Morgan fingerprint density at radius 1 is 1.05 bits per heavy atom. The van der Waals surface area contributed by atoms with Gasteiger partial charge in [-0.3, -0.25) is 4.79 Å². The molecule has 0 heterocycles. The van der Waals surface area contributed by atoms with Crippen molar-refractivity contribution in [2.75, 3.05) is 0 Å². The molecule has 110 valence electrons. The topological polar surface area (TPSA) is 17.1 Å². The van der Waals surface area contributed by atoms with Crippen molar-refractivity contribution in [3.8, 4) is 0 Å². The minimum Gasteiger partial charge on any atom is -0.294 e. The highest BCUT2D eigenvalue weighted by Crippen LogP contribution is 2.32. The van der Waals surface area contributed by atoms with Gasteiger partial charge in [0.15, 0.2) is 5.78 Å². The van der Waals surface area contributed by atoms with Gasteiger partial charge in [0, 0.05) is 20.9 Å². The van der Waals surface area contributed by atoms with E-state index >= 15 is 0 Å². The quantitative estimate of drug-likeness (QED) is 0.584. The normalized spacial score (nSPS) is 11.5. The standard InChI is InChI=1S/C15H9Br2F3O/c16-11-3-1-2-9(6-11)7-14(21)12-8-10(15(18,19)20)4-5-13(12)17/h1-6,8H,7H2. The van der Waals surface area contributed by atoms with E-state index in [1.54, 1.807) is 18.2 Å². The van der Waals surface area contributed by atoms with Gasteiger partial charge in [-0.05, 0) is 35.9 Å². The van der Waals surface area contributed by atoms with Crippen molar-refractivity contribution in [1.82, 2.24) is 0 Å². The van der Waals surface area contributed by atoms with E-state index in [1.165, 1.54) is 6.07 Å². The first-order chi connectivity index (χ1) is 9.77. The fourth-order valence-corrected chi connectivity index (χ4v) is 2.76. The lowest BCUT2D eigenvalue weighted by Crippen LogP contribution is -2.09. The van der Waals surface area contributed by atoms with Crippen LogP contribution in [-0.2, 0) is 12.6 Å². The van der Waals surface area contributed by atoms with Gasteiger partial charge < -0.3 is 0 Å². The van der Waals surface area contributed by atoms with Crippen molar-refractivity contribution in [3.05, 3.63) is 68.1 Å². The molecule has 0 aliphatic rings. The number of halogens is 5. The molecule has 0 saturated heterocycles. The average molecular weight is 422 g/mol. The van der Waals surface area contributed by atoms with Crippen LogP contribution in [0, 0.1) is 0 Å². The maximum Gasteiger partial charge on any atom is 0.416 e. The van der Waals surface area contributed by atoms with Gasteiger partial charge in [-0.15, -0.1) is 0 Å². The summed E-state index contributed by atoms with van der Waals surface area (Å²) in [4.78, 5) is 12.2. The lowest BCUT2D eigenvalue weighted by atomic mass is 10.0. The highest BCUT2D eigenvalue weighted by molar-refractivity contribution is 9.10. The predicted molar refractivity (Wildman–Crippen MR) is 81.3 cm³/mol. The molecule has 0 unspecified atom stereocenters. The van der Waals surface area contributed by atoms with Crippen LogP contribution in [0.3, 0.4) is 0 Å². The van der Waals surface area contributed by atoms with Gasteiger partial charge in [-0.25, -0.2) is 0 Å². The van der Waals surface area contributed by atoms with Crippen LogP contribution in [-0.4, -0.2) is 5.78 Å². The third-order valence-corrected chi connectivity index (χ3v) is 4.03. The summed E-state index contributed by atoms with van der Waals surface area (Å²) in [6.07, 6.45) is -4.43. The Morgan fingerprint density at radius 3 is 2.38 bits per heavy atom. The summed E-state index contributed by atoms with van der Waals surface area (Å²) in [6, 6.07) is 10.2. The summed E-state index contributed by atoms with van der Waals surface area (Å²) in [5.74, 6) is -0.369. The third kappa shape index (κ3) is 4.17. The summed E-state index contributed by atoms with van der Waals surface area (Å²) in [7, 11) is 0. The van der Waals surface area contributed by atoms with E-state index in [4.69, 9.17) is 0 Å². The van der Waals surface area contributed by atoms with Gasteiger partial charge in [0.2, 0.25) is 0 Å². The Labute approximate surface area is 136 Å². The lowest BCUT2D eigenvalue weighted by molar-refractivity contribution is -0.137. The largest absolute Gasteiger partial charge is 0.416 e. The zero-order valence-electron chi connectivity index (χ0n) is 10.5. The minimum absolute atomic E-state index is 0.0322. The second-order valence-corrected chi connectivity index (χ2v) is 6.19. The van der Waals surface area contributed by atoms with Crippen molar-refractivity contribution in [2.24, 2.45) is 0 Å². The number of carbonyl (C=O) groups is 1. The Morgan fingerprint density at radius 2 is 1.76 bits per heavy atom. The van der Waals surface area contributed by atoms with Gasteiger partial charge in [0.1, 0.15) is 0 Å². The zero-order valence-corrected chi connectivity index (χ0v) is 13.7. The van der Waals surface area contributed by atoms with E-state index in [1.807, 2.05) is 6.07 Å². The molecule has 6 heteroatoms. The van der Waals surface area contributed by atoms with Crippen molar-refractivity contribution < 1.29 is 18.0 Å². The molecule has 0 radical (unpaired) electrons. The number of ketones is 1. The highest BCUT2D eigenvalue weighted by atomic mass is 79.9. The van der Waals surface area contributed by atoms with Crippen molar-refractivity contribution in [3.63, 3.8) is 0 Å². The van der Waals surface area contributed by atoms with Gasteiger partial charge in [0.05, 0.1) is 5.56 Å². The molecule has 0 aliphatic heterocycles. The number of hydrogen-bond donors (Lipinski definition) is 0. The molecular weight excluding hydrogens is 413 g/mol. The van der Waals surface area contributed by atoms with Crippen LogP contribution in [0.1, 0.15) is 21.5 Å². The zero-order chi connectivity index (χ0) is 15.6. The molecule has 0 spiro atoms. The molecule has 21 heavy (non-hydrogen) atoms. The molecule has 2 aromatic carbocycles. The Hall–Kier alpha value is -1.14. The number of rotatable bonds is 3. The van der Waals surface area contributed by atoms with Gasteiger partial charge in [0.25, 0.3) is 0 Å². The van der Waals surface area contributed by atoms with E-state index in [0.29, 0.717) is 4.47 Å². The predicted octanol–water partition coefficient (Wildman–Crippen LogP) is 5.66. The molecule has 0 atom stereocenters. The van der Waals surface area contributed by atoms with Crippen LogP contribution in [0.4, 0.5) is 13.2 Å². The highest BCUT2D eigenvalue weighted by Gasteiger charge is 2.31. The number of Topliss-reactive ketones (excluding diaryl/α,β-unsaturated/α-hetero) is 1. The fourth-order valence-electron chi connectivity index (χ4n) is 1.84. The number of carbonyl (C=O) groups excluding carboxylic acids is 1. The first kappa shape index (κ1) is 16.2. The second-order valence-electron chi connectivity index (χ2n) is 4.42. The molecule has 2 aromatic rings. The molecule has 0 amide bonds. The van der Waals surface area contributed by atoms with Crippen LogP contribution in [0.2, 0.25) is 0 Å². The Balaban J connectivity index is 2.31. The van der Waals surface area contributed by atoms with Crippen molar-refractivity contribution in [1.29, 1.82) is 0 Å². The molecular formula is C15H9Br2F3O. The van der Waals surface area contributed by atoms with Crippen LogP contribution in [0.25, 0.3) is 0 Å². The Bertz CT molecular complexity index is 681. The monoisotopic (exact) mass is 420 g/mol. The summed E-state index contributed by atoms with van der Waals surface area (Å²) >= 11 is 6.42. The Kier molecular flexibility index (Phi) is 4.88. The van der Waals surface area contributed by atoms with Crippen LogP contribution >= 0.6 is 31.9 Å². The summed E-state index contributed by atoms with van der Waals surface area (Å²) in [6.45, 7) is 0. The fraction of sp³-hybridized carbons (Fsp3) is 0.133. The molecule has 0 aromatic heterocycles. The summed E-state index contributed by atoms with van der Waals surface area (Å²) in [5, 5.41) is 0. The minimum atomic E-state index is -4.47. The molecule has 1 nitrogen and oxygen atoms in total. The van der Waals surface area contributed by atoms with Gasteiger partial charge in [-0.2, -0.15) is 13.2 Å². The lowest BCUT2D eigenvalue weighted by Gasteiger charge is -2.10. The first-order valence-electron chi connectivity index (χ1n) is 5.92. The van der Waals surface area contributed by atoms with Crippen LogP contribution in [0.5, 0.6) is 0 Å². The van der Waals surface area contributed by atoms with Crippen molar-refractivity contribution in [2.45, 2.75) is 12.6 Å². The molecule has 0 aliphatic carbocycles.